The largest absolute Gasteiger partial charge is 0.339 e. The quantitative estimate of drug-likeness (QED) is 0.882. The molecule has 2 saturated heterocycles. The second-order valence-corrected chi connectivity index (χ2v) is 6.00. The van der Waals surface area contributed by atoms with Crippen LogP contribution in [-0.2, 0) is 4.79 Å². The summed E-state index contributed by atoms with van der Waals surface area (Å²) in [6, 6.07) is 3.76. The zero-order valence-electron chi connectivity index (χ0n) is 12.0. The third-order valence-electron chi connectivity index (χ3n) is 4.17. The Morgan fingerprint density at radius 2 is 1.77 bits per heavy atom. The van der Waals surface area contributed by atoms with Crippen LogP contribution in [0.2, 0.25) is 5.02 Å². The number of benzene rings is 1. The Morgan fingerprint density at radius 1 is 1.14 bits per heavy atom. The van der Waals surface area contributed by atoms with E-state index in [1.165, 1.54) is 12.1 Å². The van der Waals surface area contributed by atoms with Crippen molar-refractivity contribution in [2.45, 2.75) is 0 Å². The van der Waals surface area contributed by atoms with E-state index in [1.54, 1.807) is 4.90 Å². The van der Waals surface area contributed by atoms with Crippen molar-refractivity contribution < 1.29 is 14.0 Å². The molecule has 0 radical (unpaired) electrons. The van der Waals surface area contributed by atoms with E-state index in [0.717, 1.165) is 19.2 Å². The minimum atomic E-state index is -0.467. The summed E-state index contributed by atoms with van der Waals surface area (Å²) in [7, 11) is 0. The molecule has 2 amide bonds. The Bertz CT molecular complexity index is 598. The average Bonchev–Trinajstić information content (AvgIpc) is 2.45. The molecule has 0 aromatic heterocycles. The fraction of sp³-hybridized carbons (Fsp3) is 0.467. The highest BCUT2D eigenvalue weighted by atomic mass is 35.5. The summed E-state index contributed by atoms with van der Waals surface area (Å²) in [5, 5.41) is 3.20. The summed E-state index contributed by atoms with van der Waals surface area (Å²) in [4.78, 5) is 28.0. The Hall–Kier alpha value is -1.66. The molecule has 3 rings (SSSR count). The summed E-state index contributed by atoms with van der Waals surface area (Å²) >= 11 is 5.93. The van der Waals surface area contributed by atoms with Gasteiger partial charge in [0.25, 0.3) is 5.91 Å². The maximum Gasteiger partial charge on any atom is 0.255 e. The van der Waals surface area contributed by atoms with Gasteiger partial charge in [-0.15, -0.1) is 0 Å². The van der Waals surface area contributed by atoms with Crippen molar-refractivity contribution >= 4 is 23.4 Å². The van der Waals surface area contributed by atoms with E-state index >= 15 is 0 Å². The molecule has 0 spiro atoms. The molecular weight excluding hydrogens is 309 g/mol. The van der Waals surface area contributed by atoms with Crippen LogP contribution in [0.4, 0.5) is 4.39 Å². The second-order valence-electron chi connectivity index (χ2n) is 5.60. The molecule has 1 N–H and O–H groups in total. The summed E-state index contributed by atoms with van der Waals surface area (Å²) in [5.41, 5.74) is 0.297. The predicted molar refractivity (Wildman–Crippen MR) is 80.3 cm³/mol. The fourth-order valence-electron chi connectivity index (χ4n) is 2.68. The predicted octanol–water partition coefficient (Wildman–Crippen LogP) is 0.983. The van der Waals surface area contributed by atoms with Crippen LogP contribution >= 0.6 is 11.6 Å². The van der Waals surface area contributed by atoms with E-state index in [2.05, 4.69) is 5.32 Å². The van der Waals surface area contributed by atoms with E-state index in [4.69, 9.17) is 11.6 Å². The van der Waals surface area contributed by atoms with E-state index < -0.39 is 5.82 Å². The molecular formula is C15H17ClFN3O2. The molecule has 0 unspecified atom stereocenters. The van der Waals surface area contributed by atoms with Gasteiger partial charge in [0, 0.05) is 39.3 Å². The lowest BCUT2D eigenvalue weighted by atomic mass is 10.0. The Morgan fingerprint density at radius 3 is 2.32 bits per heavy atom. The van der Waals surface area contributed by atoms with Gasteiger partial charge in [-0.2, -0.15) is 0 Å². The van der Waals surface area contributed by atoms with Gasteiger partial charge in [-0.05, 0) is 18.2 Å². The molecule has 2 aliphatic heterocycles. The normalized spacial score (nSPS) is 19.0. The van der Waals surface area contributed by atoms with Crippen molar-refractivity contribution in [3.63, 3.8) is 0 Å². The van der Waals surface area contributed by atoms with Gasteiger partial charge in [0.05, 0.1) is 16.5 Å². The molecule has 2 heterocycles. The number of nitrogens with zero attached hydrogens (tertiary/aromatic N) is 2. The molecule has 0 aliphatic carbocycles. The van der Waals surface area contributed by atoms with Crippen LogP contribution in [0.25, 0.3) is 0 Å². The molecule has 7 heteroatoms. The van der Waals surface area contributed by atoms with Gasteiger partial charge in [-0.3, -0.25) is 9.59 Å². The lowest BCUT2D eigenvalue weighted by Crippen LogP contribution is -2.57. The number of carbonyl (C=O) groups excluding carboxylic acids is 2. The van der Waals surface area contributed by atoms with E-state index in [0.29, 0.717) is 31.7 Å². The number of hydrogen-bond acceptors (Lipinski definition) is 3. The van der Waals surface area contributed by atoms with Gasteiger partial charge in [-0.1, -0.05) is 11.6 Å². The third-order valence-corrected chi connectivity index (χ3v) is 4.48. The number of carbonyl (C=O) groups is 2. The number of rotatable bonds is 2. The van der Waals surface area contributed by atoms with Crippen molar-refractivity contribution in [1.82, 2.24) is 15.1 Å². The fourth-order valence-corrected chi connectivity index (χ4v) is 2.93. The first kappa shape index (κ1) is 15.2. The Balaban J connectivity index is 1.60. The maximum absolute atomic E-state index is 13.0. The van der Waals surface area contributed by atoms with Gasteiger partial charge in [0.15, 0.2) is 0 Å². The molecule has 118 valence electrons. The lowest BCUT2D eigenvalue weighted by Gasteiger charge is -2.38. The van der Waals surface area contributed by atoms with Gasteiger partial charge >= 0.3 is 0 Å². The second kappa shape index (κ2) is 6.22. The monoisotopic (exact) mass is 325 g/mol. The SMILES string of the molecule is O=C(c1ccc(F)cc1Cl)N1CCN(C(=O)C2CNC2)CC1. The highest BCUT2D eigenvalue weighted by molar-refractivity contribution is 6.33. The Kier molecular flexibility index (Phi) is 4.31. The van der Waals surface area contributed by atoms with Crippen LogP contribution in [0.5, 0.6) is 0 Å². The van der Waals surface area contributed by atoms with Crippen molar-refractivity contribution in [2.75, 3.05) is 39.3 Å². The lowest BCUT2D eigenvalue weighted by molar-refractivity contribution is -0.138. The summed E-state index contributed by atoms with van der Waals surface area (Å²) in [5.74, 6) is -0.451. The highest BCUT2D eigenvalue weighted by Crippen LogP contribution is 2.20. The first-order chi connectivity index (χ1) is 10.6. The maximum atomic E-state index is 13.0. The number of halogens is 2. The zero-order chi connectivity index (χ0) is 15.7. The van der Waals surface area contributed by atoms with Crippen molar-refractivity contribution in [2.24, 2.45) is 5.92 Å². The van der Waals surface area contributed by atoms with Crippen molar-refractivity contribution in [3.05, 3.63) is 34.6 Å². The minimum absolute atomic E-state index is 0.0776. The number of hydrogen-bond donors (Lipinski definition) is 1. The first-order valence-electron chi connectivity index (χ1n) is 7.30. The van der Waals surface area contributed by atoms with Crippen molar-refractivity contribution in [3.8, 4) is 0 Å². The summed E-state index contributed by atoms with van der Waals surface area (Å²) in [6.45, 7) is 3.48. The summed E-state index contributed by atoms with van der Waals surface area (Å²) < 4.78 is 13.0. The zero-order valence-corrected chi connectivity index (χ0v) is 12.8. The molecule has 1 aromatic carbocycles. The molecule has 22 heavy (non-hydrogen) atoms. The third kappa shape index (κ3) is 2.94. The summed E-state index contributed by atoms with van der Waals surface area (Å²) in [6.07, 6.45) is 0. The molecule has 2 aliphatic rings. The number of nitrogens with one attached hydrogen (secondary N) is 1. The standard InChI is InChI=1S/C15H17ClFN3O2/c16-13-7-11(17)1-2-12(13)15(22)20-5-3-19(4-6-20)14(21)10-8-18-9-10/h1-2,7,10,18H,3-6,8-9H2. The van der Waals surface area contributed by atoms with Gasteiger partial charge in [0.2, 0.25) is 5.91 Å². The van der Waals surface area contributed by atoms with Crippen molar-refractivity contribution in [1.29, 1.82) is 0 Å². The minimum Gasteiger partial charge on any atom is -0.339 e. The topological polar surface area (TPSA) is 52.7 Å². The average molecular weight is 326 g/mol. The van der Waals surface area contributed by atoms with E-state index in [-0.39, 0.29) is 22.8 Å². The van der Waals surface area contributed by atoms with Crippen LogP contribution in [0.1, 0.15) is 10.4 Å². The molecule has 0 atom stereocenters. The van der Waals surface area contributed by atoms with E-state index in [1.807, 2.05) is 4.90 Å². The van der Waals surface area contributed by atoms with Crippen LogP contribution in [0.15, 0.2) is 18.2 Å². The highest BCUT2D eigenvalue weighted by Gasteiger charge is 2.32. The van der Waals surface area contributed by atoms with Gasteiger partial charge < -0.3 is 15.1 Å². The molecule has 0 bridgehead atoms. The van der Waals surface area contributed by atoms with Crippen LogP contribution in [-0.4, -0.2) is 60.9 Å². The van der Waals surface area contributed by atoms with Gasteiger partial charge in [0.1, 0.15) is 5.82 Å². The molecule has 2 fully saturated rings. The van der Waals surface area contributed by atoms with E-state index in [9.17, 15) is 14.0 Å². The molecule has 5 nitrogen and oxygen atoms in total. The molecule has 0 saturated carbocycles. The first-order valence-corrected chi connectivity index (χ1v) is 7.68. The molecule has 1 aromatic rings. The Labute approximate surface area is 133 Å². The number of amides is 2. The van der Waals surface area contributed by atoms with Gasteiger partial charge in [-0.25, -0.2) is 4.39 Å². The number of piperazine rings is 1. The van der Waals surface area contributed by atoms with Crippen LogP contribution in [0, 0.1) is 11.7 Å². The van der Waals surface area contributed by atoms with Crippen LogP contribution in [0.3, 0.4) is 0 Å². The smallest absolute Gasteiger partial charge is 0.255 e. The van der Waals surface area contributed by atoms with Crippen LogP contribution < -0.4 is 5.32 Å².